The van der Waals surface area contributed by atoms with E-state index in [9.17, 15) is 9.59 Å². The Labute approximate surface area is 111 Å². The molecule has 0 atom stereocenters. The van der Waals surface area contributed by atoms with Crippen LogP contribution >= 0.6 is 11.6 Å². The standard InChI is InChI=1S/C14H15ClO3/c1-3-18-14(17)6-4-5-11-7-8-12(10(2)16)13(15)9-11/h4-5,7-9H,3,6H2,1-2H3. The number of esters is 1. The summed E-state index contributed by atoms with van der Waals surface area (Å²) in [6.45, 7) is 3.62. The summed E-state index contributed by atoms with van der Waals surface area (Å²) in [6, 6.07) is 5.15. The van der Waals surface area contributed by atoms with Gasteiger partial charge < -0.3 is 4.74 Å². The van der Waals surface area contributed by atoms with Gasteiger partial charge in [-0.25, -0.2) is 0 Å². The molecule has 0 aliphatic carbocycles. The van der Waals surface area contributed by atoms with Crippen LogP contribution < -0.4 is 0 Å². The lowest BCUT2D eigenvalue weighted by molar-refractivity contribution is -0.142. The van der Waals surface area contributed by atoms with Crippen molar-refractivity contribution in [3.8, 4) is 0 Å². The zero-order valence-electron chi connectivity index (χ0n) is 10.4. The topological polar surface area (TPSA) is 43.4 Å². The fourth-order valence-corrected chi connectivity index (χ4v) is 1.75. The molecule has 0 fully saturated rings. The molecule has 0 unspecified atom stereocenters. The summed E-state index contributed by atoms with van der Waals surface area (Å²) in [7, 11) is 0. The van der Waals surface area contributed by atoms with E-state index in [1.54, 1.807) is 37.3 Å². The molecule has 0 heterocycles. The first-order chi connectivity index (χ1) is 8.54. The van der Waals surface area contributed by atoms with Crippen molar-refractivity contribution in [1.82, 2.24) is 0 Å². The number of benzene rings is 1. The second-order valence-corrected chi connectivity index (χ2v) is 4.11. The van der Waals surface area contributed by atoms with Gasteiger partial charge in [-0.05, 0) is 31.5 Å². The second-order valence-electron chi connectivity index (χ2n) is 3.71. The lowest BCUT2D eigenvalue weighted by atomic mass is 10.1. The Morgan fingerprint density at radius 2 is 2.11 bits per heavy atom. The molecular formula is C14H15ClO3. The van der Waals surface area contributed by atoms with E-state index in [2.05, 4.69) is 0 Å². The highest BCUT2D eigenvalue weighted by molar-refractivity contribution is 6.34. The lowest BCUT2D eigenvalue weighted by Crippen LogP contribution is -2.01. The van der Waals surface area contributed by atoms with E-state index in [1.807, 2.05) is 0 Å². The molecule has 1 rings (SSSR count). The molecule has 4 heteroatoms. The van der Waals surface area contributed by atoms with E-state index in [4.69, 9.17) is 16.3 Å². The first-order valence-electron chi connectivity index (χ1n) is 5.67. The van der Waals surface area contributed by atoms with Gasteiger partial charge in [0.1, 0.15) is 0 Å². The first-order valence-corrected chi connectivity index (χ1v) is 6.05. The lowest BCUT2D eigenvalue weighted by Gasteiger charge is -2.01. The molecular weight excluding hydrogens is 252 g/mol. The highest BCUT2D eigenvalue weighted by atomic mass is 35.5. The summed E-state index contributed by atoms with van der Waals surface area (Å²) in [4.78, 5) is 22.3. The molecule has 96 valence electrons. The van der Waals surface area contributed by atoms with Crippen molar-refractivity contribution in [2.45, 2.75) is 20.3 Å². The zero-order chi connectivity index (χ0) is 13.5. The number of hydrogen-bond acceptors (Lipinski definition) is 3. The Bertz CT molecular complexity index is 478. The van der Waals surface area contributed by atoms with E-state index in [-0.39, 0.29) is 18.2 Å². The van der Waals surface area contributed by atoms with Gasteiger partial charge in [-0.3, -0.25) is 9.59 Å². The average molecular weight is 267 g/mol. The van der Waals surface area contributed by atoms with E-state index in [1.165, 1.54) is 6.92 Å². The Morgan fingerprint density at radius 3 is 2.67 bits per heavy atom. The summed E-state index contributed by atoms with van der Waals surface area (Å²) in [6.07, 6.45) is 3.70. The minimum absolute atomic E-state index is 0.0675. The van der Waals surface area contributed by atoms with Gasteiger partial charge in [0, 0.05) is 5.56 Å². The zero-order valence-corrected chi connectivity index (χ0v) is 11.2. The number of ether oxygens (including phenoxy) is 1. The van der Waals surface area contributed by atoms with E-state index >= 15 is 0 Å². The Hall–Kier alpha value is -1.61. The van der Waals surface area contributed by atoms with Gasteiger partial charge in [0.2, 0.25) is 0 Å². The summed E-state index contributed by atoms with van der Waals surface area (Å²) in [5.74, 6) is -0.331. The summed E-state index contributed by atoms with van der Waals surface area (Å²) >= 11 is 5.97. The SMILES string of the molecule is CCOC(=O)CC=Cc1ccc(C(C)=O)c(Cl)c1. The van der Waals surface area contributed by atoms with Crippen LogP contribution in [0, 0.1) is 0 Å². The highest BCUT2D eigenvalue weighted by Gasteiger charge is 2.05. The maximum absolute atomic E-state index is 11.2. The molecule has 0 saturated heterocycles. The fraction of sp³-hybridized carbons (Fsp3) is 0.286. The van der Waals surface area contributed by atoms with Crippen molar-refractivity contribution >= 4 is 29.4 Å². The van der Waals surface area contributed by atoms with Crippen LogP contribution in [0.25, 0.3) is 6.08 Å². The fourth-order valence-electron chi connectivity index (χ4n) is 1.43. The molecule has 0 bridgehead atoms. The van der Waals surface area contributed by atoms with Crippen molar-refractivity contribution in [3.05, 3.63) is 40.4 Å². The van der Waals surface area contributed by atoms with E-state index in [0.717, 1.165) is 5.56 Å². The number of rotatable bonds is 5. The number of ketones is 1. The van der Waals surface area contributed by atoms with Gasteiger partial charge in [-0.15, -0.1) is 0 Å². The van der Waals surface area contributed by atoms with E-state index < -0.39 is 0 Å². The summed E-state index contributed by atoms with van der Waals surface area (Å²) in [5, 5.41) is 0.417. The second kappa shape index (κ2) is 6.97. The molecule has 0 aliphatic rings. The van der Waals surface area contributed by atoms with Crippen LogP contribution in [0.2, 0.25) is 5.02 Å². The first kappa shape index (κ1) is 14.5. The maximum atomic E-state index is 11.2. The third-order valence-electron chi connectivity index (χ3n) is 2.27. The van der Waals surface area contributed by atoms with Crippen molar-refractivity contribution < 1.29 is 14.3 Å². The van der Waals surface area contributed by atoms with Gasteiger partial charge >= 0.3 is 5.97 Å². The summed E-state index contributed by atoms with van der Waals surface area (Å²) in [5.41, 5.74) is 1.34. The van der Waals surface area contributed by atoms with Crippen LogP contribution in [0.3, 0.4) is 0 Å². The maximum Gasteiger partial charge on any atom is 0.309 e. The number of halogens is 1. The van der Waals surface area contributed by atoms with Crippen molar-refractivity contribution in [2.24, 2.45) is 0 Å². The molecule has 0 saturated carbocycles. The summed E-state index contributed by atoms with van der Waals surface area (Å²) < 4.78 is 4.79. The minimum Gasteiger partial charge on any atom is -0.466 e. The van der Waals surface area contributed by atoms with Crippen LogP contribution in [-0.2, 0) is 9.53 Å². The Balaban J connectivity index is 2.69. The van der Waals surface area contributed by atoms with Gasteiger partial charge in [-0.1, -0.05) is 29.8 Å². The molecule has 18 heavy (non-hydrogen) atoms. The van der Waals surface area contributed by atoms with Crippen molar-refractivity contribution in [3.63, 3.8) is 0 Å². The van der Waals surface area contributed by atoms with Crippen LogP contribution in [0.1, 0.15) is 36.2 Å². The van der Waals surface area contributed by atoms with Crippen LogP contribution in [-0.4, -0.2) is 18.4 Å². The van der Waals surface area contributed by atoms with Gasteiger partial charge in [0.25, 0.3) is 0 Å². The van der Waals surface area contributed by atoms with Gasteiger partial charge in [0.05, 0.1) is 18.1 Å². The number of carbonyl (C=O) groups is 2. The molecule has 0 N–H and O–H groups in total. The van der Waals surface area contributed by atoms with Gasteiger partial charge in [0.15, 0.2) is 5.78 Å². The molecule has 0 aliphatic heterocycles. The third-order valence-corrected chi connectivity index (χ3v) is 2.59. The van der Waals surface area contributed by atoms with E-state index in [0.29, 0.717) is 17.2 Å². The largest absolute Gasteiger partial charge is 0.466 e. The molecule has 0 radical (unpaired) electrons. The Morgan fingerprint density at radius 1 is 1.39 bits per heavy atom. The smallest absolute Gasteiger partial charge is 0.309 e. The number of carbonyl (C=O) groups excluding carboxylic acids is 2. The molecule has 1 aromatic carbocycles. The van der Waals surface area contributed by atoms with Crippen LogP contribution in [0.4, 0.5) is 0 Å². The quantitative estimate of drug-likeness (QED) is 0.605. The predicted molar refractivity (Wildman–Crippen MR) is 71.7 cm³/mol. The average Bonchev–Trinajstić information content (AvgIpc) is 2.29. The normalized spacial score (nSPS) is 10.6. The highest BCUT2D eigenvalue weighted by Crippen LogP contribution is 2.19. The Kier molecular flexibility index (Phi) is 5.59. The monoisotopic (exact) mass is 266 g/mol. The van der Waals surface area contributed by atoms with Crippen molar-refractivity contribution in [2.75, 3.05) is 6.61 Å². The molecule has 3 nitrogen and oxygen atoms in total. The van der Waals surface area contributed by atoms with Crippen LogP contribution in [0.5, 0.6) is 0 Å². The molecule has 0 aromatic heterocycles. The van der Waals surface area contributed by atoms with Crippen LogP contribution in [0.15, 0.2) is 24.3 Å². The predicted octanol–water partition coefficient (Wildman–Crippen LogP) is 3.51. The third kappa shape index (κ3) is 4.34. The van der Waals surface area contributed by atoms with Crippen molar-refractivity contribution in [1.29, 1.82) is 0 Å². The number of hydrogen-bond donors (Lipinski definition) is 0. The molecule has 0 spiro atoms. The van der Waals surface area contributed by atoms with Gasteiger partial charge in [-0.2, -0.15) is 0 Å². The minimum atomic E-state index is -0.264. The molecule has 1 aromatic rings. The molecule has 0 amide bonds. The number of Topliss-reactive ketones (excluding diaryl/α,β-unsaturated/α-hetero) is 1.